The zero-order valence-corrected chi connectivity index (χ0v) is 14.2. The lowest BCUT2D eigenvalue weighted by Crippen LogP contribution is -2.50. The normalized spacial score (nSPS) is 18.8. The van der Waals surface area contributed by atoms with Gasteiger partial charge in [-0.2, -0.15) is 0 Å². The van der Waals surface area contributed by atoms with Gasteiger partial charge in [0.2, 0.25) is 5.91 Å². The molecular weight excluding hydrogens is 318 g/mol. The lowest BCUT2D eigenvalue weighted by molar-refractivity contribution is -0.122. The molecule has 0 spiro atoms. The molecule has 3 rings (SSSR count). The summed E-state index contributed by atoms with van der Waals surface area (Å²) in [5.41, 5.74) is 0.928. The Morgan fingerprint density at radius 2 is 2.12 bits per heavy atom. The van der Waals surface area contributed by atoms with Crippen LogP contribution in [0.25, 0.3) is 0 Å². The maximum atomic E-state index is 12.5. The highest BCUT2D eigenvalue weighted by Gasteiger charge is 2.25. The molecule has 2 aromatic rings. The summed E-state index contributed by atoms with van der Waals surface area (Å²) in [5.74, 6) is 0.604. The molecule has 132 valence electrons. The van der Waals surface area contributed by atoms with Crippen molar-refractivity contribution in [2.45, 2.75) is 31.3 Å². The van der Waals surface area contributed by atoms with Crippen molar-refractivity contribution in [2.75, 3.05) is 6.54 Å². The highest BCUT2D eigenvalue weighted by Crippen LogP contribution is 2.20. The number of amides is 3. The number of rotatable bonds is 4. The third kappa shape index (κ3) is 4.17. The summed E-state index contributed by atoms with van der Waals surface area (Å²) < 4.78 is 1.87. The van der Waals surface area contributed by atoms with Crippen molar-refractivity contribution in [3.8, 4) is 0 Å². The van der Waals surface area contributed by atoms with E-state index in [-0.39, 0.29) is 11.9 Å². The van der Waals surface area contributed by atoms with E-state index in [1.54, 1.807) is 6.20 Å². The SMILES string of the molecule is Cn1ccnc1[C@@H](NC(=O)N[C@H]1CCCCNC1=O)c1ccccc1. The summed E-state index contributed by atoms with van der Waals surface area (Å²) in [6.07, 6.45) is 6.03. The van der Waals surface area contributed by atoms with Crippen LogP contribution in [0.4, 0.5) is 4.79 Å². The molecule has 7 heteroatoms. The molecule has 2 heterocycles. The fourth-order valence-electron chi connectivity index (χ4n) is 3.01. The van der Waals surface area contributed by atoms with Crippen LogP contribution in [0.2, 0.25) is 0 Å². The van der Waals surface area contributed by atoms with E-state index in [0.29, 0.717) is 13.0 Å². The number of aryl methyl sites for hydroxylation is 1. The third-order valence-corrected chi connectivity index (χ3v) is 4.37. The molecule has 0 unspecified atom stereocenters. The smallest absolute Gasteiger partial charge is 0.316 e. The number of imidazole rings is 1. The molecule has 1 aliphatic rings. The summed E-state index contributed by atoms with van der Waals surface area (Å²) in [5, 5.41) is 8.57. The number of carbonyl (C=O) groups is 2. The maximum Gasteiger partial charge on any atom is 0.316 e. The van der Waals surface area contributed by atoms with E-state index in [9.17, 15) is 9.59 Å². The second kappa shape index (κ2) is 7.83. The predicted molar refractivity (Wildman–Crippen MR) is 93.8 cm³/mol. The van der Waals surface area contributed by atoms with Crippen LogP contribution in [0.5, 0.6) is 0 Å². The fourth-order valence-corrected chi connectivity index (χ4v) is 3.01. The van der Waals surface area contributed by atoms with Crippen LogP contribution < -0.4 is 16.0 Å². The first-order chi connectivity index (χ1) is 12.1. The summed E-state index contributed by atoms with van der Waals surface area (Å²) in [7, 11) is 1.89. The van der Waals surface area contributed by atoms with Crippen molar-refractivity contribution in [3.05, 3.63) is 54.1 Å². The van der Waals surface area contributed by atoms with Crippen molar-refractivity contribution in [3.63, 3.8) is 0 Å². The number of hydrogen-bond donors (Lipinski definition) is 3. The van der Waals surface area contributed by atoms with Gasteiger partial charge in [0.25, 0.3) is 0 Å². The number of aromatic nitrogens is 2. The second-order valence-corrected chi connectivity index (χ2v) is 6.20. The molecule has 0 saturated carbocycles. The molecule has 3 amide bonds. The van der Waals surface area contributed by atoms with Gasteiger partial charge in [-0.3, -0.25) is 4.79 Å². The zero-order valence-electron chi connectivity index (χ0n) is 14.2. The molecule has 0 bridgehead atoms. The molecule has 7 nitrogen and oxygen atoms in total. The number of benzene rings is 1. The third-order valence-electron chi connectivity index (χ3n) is 4.37. The topological polar surface area (TPSA) is 88.1 Å². The van der Waals surface area contributed by atoms with E-state index in [2.05, 4.69) is 20.9 Å². The van der Waals surface area contributed by atoms with E-state index >= 15 is 0 Å². The van der Waals surface area contributed by atoms with Crippen molar-refractivity contribution in [1.82, 2.24) is 25.5 Å². The van der Waals surface area contributed by atoms with Gasteiger partial charge in [0.05, 0.1) is 0 Å². The van der Waals surface area contributed by atoms with Gasteiger partial charge >= 0.3 is 6.03 Å². The van der Waals surface area contributed by atoms with Crippen LogP contribution in [0, 0.1) is 0 Å². The lowest BCUT2D eigenvalue weighted by Gasteiger charge is -2.21. The molecule has 0 aliphatic carbocycles. The Balaban J connectivity index is 1.75. The molecule has 1 aromatic carbocycles. The first kappa shape index (κ1) is 17.0. The predicted octanol–water partition coefficient (Wildman–Crippen LogP) is 1.48. The van der Waals surface area contributed by atoms with Crippen LogP contribution in [0.3, 0.4) is 0 Å². The van der Waals surface area contributed by atoms with Crippen molar-refractivity contribution in [2.24, 2.45) is 7.05 Å². The average molecular weight is 341 g/mol. The largest absolute Gasteiger partial charge is 0.354 e. The Hall–Kier alpha value is -2.83. The van der Waals surface area contributed by atoms with Crippen LogP contribution >= 0.6 is 0 Å². The van der Waals surface area contributed by atoms with Gasteiger partial charge in [0, 0.05) is 26.0 Å². The molecule has 2 atom stereocenters. The van der Waals surface area contributed by atoms with Crippen LogP contribution in [0.1, 0.15) is 36.7 Å². The maximum absolute atomic E-state index is 12.5. The van der Waals surface area contributed by atoms with E-state index in [0.717, 1.165) is 24.2 Å². The number of urea groups is 1. The fraction of sp³-hybridized carbons (Fsp3) is 0.389. The van der Waals surface area contributed by atoms with Crippen LogP contribution in [-0.4, -0.2) is 34.1 Å². The van der Waals surface area contributed by atoms with Crippen molar-refractivity contribution >= 4 is 11.9 Å². The summed E-state index contributed by atoms with van der Waals surface area (Å²) in [6.45, 7) is 0.665. The highest BCUT2D eigenvalue weighted by atomic mass is 16.2. The molecule has 1 fully saturated rings. The molecule has 1 aromatic heterocycles. The summed E-state index contributed by atoms with van der Waals surface area (Å²) >= 11 is 0. The van der Waals surface area contributed by atoms with Gasteiger partial charge in [-0.05, 0) is 24.8 Å². The molecule has 3 N–H and O–H groups in total. The number of carbonyl (C=O) groups excluding carboxylic acids is 2. The molecule has 1 aliphatic heterocycles. The Morgan fingerprint density at radius 3 is 2.84 bits per heavy atom. The van der Waals surface area contributed by atoms with E-state index in [1.807, 2.05) is 48.1 Å². The van der Waals surface area contributed by atoms with Crippen LogP contribution in [-0.2, 0) is 11.8 Å². The minimum Gasteiger partial charge on any atom is -0.354 e. The Morgan fingerprint density at radius 1 is 1.32 bits per heavy atom. The molecule has 1 saturated heterocycles. The Bertz CT molecular complexity index is 728. The van der Waals surface area contributed by atoms with Gasteiger partial charge in [-0.15, -0.1) is 0 Å². The minimum atomic E-state index is -0.500. The van der Waals surface area contributed by atoms with Gasteiger partial charge in [-0.1, -0.05) is 30.3 Å². The van der Waals surface area contributed by atoms with Crippen molar-refractivity contribution in [1.29, 1.82) is 0 Å². The first-order valence-corrected chi connectivity index (χ1v) is 8.52. The minimum absolute atomic E-state index is 0.124. The van der Waals surface area contributed by atoms with Crippen molar-refractivity contribution < 1.29 is 9.59 Å². The van der Waals surface area contributed by atoms with E-state index < -0.39 is 12.1 Å². The number of hydrogen-bond acceptors (Lipinski definition) is 3. The monoisotopic (exact) mass is 341 g/mol. The Labute approximate surface area is 146 Å². The number of nitrogens with one attached hydrogen (secondary N) is 3. The quantitative estimate of drug-likeness (QED) is 0.787. The van der Waals surface area contributed by atoms with Gasteiger partial charge < -0.3 is 20.5 Å². The molecule has 25 heavy (non-hydrogen) atoms. The van der Waals surface area contributed by atoms with E-state index in [1.165, 1.54) is 0 Å². The lowest BCUT2D eigenvalue weighted by atomic mass is 10.1. The summed E-state index contributed by atoms with van der Waals surface area (Å²) in [4.78, 5) is 28.9. The molecular formula is C18H23N5O2. The van der Waals surface area contributed by atoms with Gasteiger partial charge in [-0.25, -0.2) is 9.78 Å². The first-order valence-electron chi connectivity index (χ1n) is 8.52. The standard InChI is InChI=1S/C18H23N5O2/c1-23-12-11-19-16(23)15(13-7-3-2-4-8-13)22-18(25)21-14-9-5-6-10-20-17(14)24/h2-4,7-8,11-12,14-15H,5-6,9-10H2,1H3,(H,20,24)(H2,21,22,25)/t14-,15-/m0/s1. The zero-order chi connectivity index (χ0) is 17.6. The summed E-state index contributed by atoms with van der Waals surface area (Å²) in [6, 6.07) is 8.38. The van der Waals surface area contributed by atoms with Crippen LogP contribution in [0.15, 0.2) is 42.7 Å². The van der Waals surface area contributed by atoms with E-state index in [4.69, 9.17) is 0 Å². The van der Waals surface area contributed by atoms with Gasteiger partial charge in [0.15, 0.2) is 0 Å². The number of nitrogens with zero attached hydrogens (tertiary/aromatic N) is 2. The Kier molecular flexibility index (Phi) is 5.33. The highest BCUT2D eigenvalue weighted by molar-refractivity contribution is 5.87. The molecule has 0 radical (unpaired) electrons. The van der Waals surface area contributed by atoms with Gasteiger partial charge in [0.1, 0.15) is 17.9 Å². The average Bonchev–Trinajstić information content (AvgIpc) is 2.94. The second-order valence-electron chi connectivity index (χ2n) is 6.20.